The molecule has 0 radical (unpaired) electrons. The second kappa shape index (κ2) is 5.35. The molecule has 0 spiro atoms. The Bertz CT molecular complexity index is 422. The van der Waals surface area contributed by atoms with Gasteiger partial charge in [0.2, 0.25) is 0 Å². The second-order valence-corrected chi connectivity index (χ2v) is 4.69. The third kappa shape index (κ3) is 2.79. The van der Waals surface area contributed by atoms with Crippen LogP contribution < -0.4 is 5.73 Å². The van der Waals surface area contributed by atoms with E-state index in [0.717, 1.165) is 12.8 Å². The van der Waals surface area contributed by atoms with Gasteiger partial charge in [0.15, 0.2) is 0 Å². The van der Waals surface area contributed by atoms with E-state index in [1.807, 2.05) is 0 Å². The summed E-state index contributed by atoms with van der Waals surface area (Å²) in [5.41, 5.74) is 6.07. The molecule has 0 bridgehead atoms. The molecular weight excluding hydrogens is 235 g/mol. The number of anilines is 1. The Morgan fingerprint density at radius 3 is 2.61 bits per heavy atom. The minimum Gasteiger partial charge on any atom is -0.399 e. The highest BCUT2D eigenvalue weighted by atomic mass is 19.1. The number of carbonyl (C=O) groups excluding carboxylic acids is 1. The van der Waals surface area contributed by atoms with Gasteiger partial charge in [-0.1, -0.05) is 0 Å². The predicted octanol–water partition coefficient (Wildman–Crippen LogP) is 1.25. The average Bonchev–Trinajstić information content (AvgIpc) is 2.37. The summed E-state index contributed by atoms with van der Waals surface area (Å²) >= 11 is 0. The molecule has 1 fully saturated rings. The zero-order valence-electron chi connectivity index (χ0n) is 10.1. The summed E-state index contributed by atoms with van der Waals surface area (Å²) in [6.45, 7) is 1.36. The molecule has 5 heteroatoms. The summed E-state index contributed by atoms with van der Waals surface area (Å²) in [7, 11) is 0. The minimum atomic E-state index is -0.497. The van der Waals surface area contributed by atoms with Crippen LogP contribution in [0.15, 0.2) is 18.2 Å². The first-order valence-corrected chi connectivity index (χ1v) is 6.06. The highest BCUT2D eigenvalue weighted by Gasteiger charge is 2.23. The summed E-state index contributed by atoms with van der Waals surface area (Å²) in [6.07, 6.45) is 1.57. The van der Waals surface area contributed by atoms with Crippen LogP contribution in [0.25, 0.3) is 0 Å². The van der Waals surface area contributed by atoms with Crippen LogP contribution in [0.4, 0.5) is 10.1 Å². The molecule has 0 atom stereocenters. The van der Waals surface area contributed by atoms with E-state index in [2.05, 4.69) is 0 Å². The van der Waals surface area contributed by atoms with Crippen molar-refractivity contribution in [2.24, 2.45) is 5.92 Å². The Balaban J connectivity index is 2.07. The van der Waals surface area contributed by atoms with Crippen molar-refractivity contribution in [2.75, 3.05) is 25.4 Å². The van der Waals surface area contributed by atoms with E-state index in [0.29, 0.717) is 13.1 Å². The van der Waals surface area contributed by atoms with Crippen LogP contribution in [0.1, 0.15) is 23.2 Å². The molecule has 3 N–H and O–H groups in total. The number of nitrogens with zero attached hydrogens (tertiary/aromatic N) is 1. The molecule has 18 heavy (non-hydrogen) atoms. The maximum atomic E-state index is 13.2. The fourth-order valence-electron chi connectivity index (χ4n) is 2.24. The Morgan fingerprint density at radius 1 is 1.39 bits per heavy atom. The summed E-state index contributed by atoms with van der Waals surface area (Å²) < 4.78 is 13.2. The number of amides is 1. The van der Waals surface area contributed by atoms with Gasteiger partial charge in [-0.25, -0.2) is 4.39 Å². The molecule has 1 saturated heterocycles. The van der Waals surface area contributed by atoms with Gasteiger partial charge >= 0.3 is 0 Å². The lowest BCUT2D eigenvalue weighted by molar-refractivity contribution is 0.0650. The summed E-state index contributed by atoms with van der Waals surface area (Å²) in [6, 6.07) is 3.88. The number of benzene rings is 1. The lowest BCUT2D eigenvalue weighted by Gasteiger charge is -2.31. The molecule has 98 valence electrons. The SMILES string of the molecule is Nc1cc(F)cc(C(=O)N2CCC(CO)CC2)c1. The van der Waals surface area contributed by atoms with E-state index in [9.17, 15) is 9.18 Å². The van der Waals surface area contributed by atoms with Gasteiger partial charge in [0.1, 0.15) is 5.82 Å². The minimum absolute atomic E-state index is 0.162. The van der Waals surface area contributed by atoms with Crippen molar-refractivity contribution in [1.82, 2.24) is 4.90 Å². The van der Waals surface area contributed by atoms with Crippen molar-refractivity contribution in [3.05, 3.63) is 29.6 Å². The van der Waals surface area contributed by atoms with E-state index in [-0.39, 0.29) is 29.7 Å². The van der Waals surface area contributed by atoms with Crippen LogP contribution in [0.2, 0.25) is 0 Å². The molecule has 1 heterocycles. The molecule has 1 aromatic rings. The van der Waals surface area contributed by atoms with Gasteiger partial charge in [-0.05, 0) is 37.0 Å². The summed E-state index contributed by atoms with van der Waals surface area (Å²) in [5, 5.41) is 9.04. The maximum Gasteiger partial charge on any atom is 0.254 e. The predicted molar refractivity (Wildman–Crippen MR) is 66.5 cm³/mol. The van der Waals surface area contributed by atoms with Gasteiger partial charge in [-0.2, -0.15) is 0 Å². The zero-order valence-corrected chi connectivity index (χ0v) is 10.1. The van der Waals surface area contributed by atoms with Gasteiger partial charge < -0.3 is 15.7 Å². The highest BCUT2D eigenvalue weighted by Crippen LogP contribution is 2.19. The quantitative estimate of drug-likeness (QED) is 0.778. The molecule has 4 nitrogen and oxygen atoms in total. The lowest BCUT2D eigenvalue weighted by atomic mass is 9.97. The molecule has 0 unspecified atom stereocenters. The molecule has 2 rings (SSSR count). The van der Waals surface area contributed by atoms with E-state index < -0.39 is 5.82 Å². The molecular formula is C13H17FN2O2. The smallest absolute Gasteiger partial charge is 0.254 e. The van der Waals surface area contributed by atoms with Gasteiger partial charge in [-0.3, -0.25) is 4.79 Å². The first kappa shape index (κ1) is 12.8. The van der Waals surface area contributed by atoms with Crippen LogP contribution in [-0.2, 0) is 0 Å². The number of halogens is 1. The van der Waals surface area contributed by atoms with E-state index >= 15 is 0 Å². The Labute approximate surface area is 105 Å². The fourth-order valence-corrected chi connectivity index (χ4v) is 2.24. The first-order chi connectivity index (χ1) is 8.60. The molecule has 1 amide bonds. The van der Waals surface area contributed by atoms with Gasteiger partial charge in [0.05, 0.1) is 0 Å². The van der Waals surface area contributed by atoms with Crippen molar-refractivity contribution < 1.29 is 14.3 Å². The van der Waals surface area contributed by atoms with Crippen molar-refractivity contribution in [1.29, 1.82) is 0 Å². The number of aliphatic hydroxyl groups excluding tert-OH is 1. The van der Waals surface area contributed by atoms with E-state index in [1.165, 1.54) is 18.2 Å². The first-order valence-electron chi connectivity index (χ1n) is 6.06. The summed E-state index contributed by atoms with van der Waals surface area (Å²) in [5.74, 6) is -0.423. The van der Waals surface area contributed by atoms with Gasteiger partial charge in [0.25, 0.3) is 5.91 Å². The number of likely N-dealkylation sites (tertiary alicyclic amines) is 1. The van der Waals surface area contributed by atoms with Gasteiger partial charge in [-0.15, -0.1) is 0 Å². The highest BCUT2D eigenvalue weighted by molar-refractivity contribution is 5.95. The Kier molecular flexibility index (Phi) is 3.81. The summed E-state index contributed by atoms with van der Waals surface area (Å²) in [4.78, 5) is 13.8. The number of piperidine rings is 1. The second-order valence-electron chi connectivity index (χ2n) is 4.69. The van der Waals surface area contributed by atoms with Crippen molar-refractivity contribution in [3.8, 4) is 0 Å². The number of rotatable bonds is 2. The normalized spacial score (nSPS) is 16.9. The Hall–Kier alpha value is -1.62. The average molecular weight is 252 g/mol. The maximum absolute atomic E-state index is 13.2. The number of nitrogens with two attached hydrogens (primary N) is 1. The Morgan fingerprint density at radius 2 is 2.06 bits per heavy atom. The van der Waals surface area contributed by atoms with Crippen LogP contribution in [-0.4, -0.2) is 35.6 Å². The molecule has 0 aromatic heterocycles. The standard InChI is InChI=1S/C13H17FN2O2/c14-11-5-10(6-12(15)7-11)13(18)16-3-1-9(8-17)2-4-16/h5-7,9,17H,1-4,8,15H2. The third-order valence-electron chi connectivity index (χ3n) is 3.33. The molecule has 0 aliphatic carbocycles. The molecule has 1 aliphatic rings. The molecule has 1 aliphatic heterocycles. The van der Waals surface area contributed by atoms with E-state index in [1.54, 1.807) is 4.90 Å². The number of aliphatic hydroxyl groups is 1. The van der Waals surface area contributed by atoms with Crippen molar-refractivity contribution in [3.63, 3.8) is 0 Å². The molecule has 0 saturated carbocycles. The largest absolute Gasteiger partial charge is 0.399 e. The van der Waals surface area contributed by atoms with Crippen LogP contribution in [0, 0.1) is 11.7 Å². The van der Waals surface area contributed by atoms with Crippen molar-refractivity contribution >= 4 is 11.6 Å². The number of hydrogen-bond donors (Lipinski definition) is 2. The number of hydrogen-bond acceptors (Lipinski definition) is 3. The lowest BCUT2D eigenvalue weighted by Crippen LogP contribution is -2.39. The zero-order chi connectivity index (χ0) is 13.1. The monoisotopic (exact) mass is 252 g/mol. The van der Waals surface area contributed by atoms with E-state index in [4.69, 9.17) is 10.8 Å². The van der Waals surface area contributed by atoms with Gasteiger partial charge in [0, 0.05) is 30.9 Å². The van der Waals surface area contributed by atoms with Crippen LogP contribution >= 0.6 is 0 Å². The number of carbonyl (C=O) groups is 1. The van der Waals surface area contributed by atoms with Crippen molar-refractivity contribution in [2.45, 2.75) is 12.8 Å². The fraction of sp³-hybridized carbons (Fsp3) is 0.462. The van der Waals surface area contributed by atoms with Crippen LogP contribution in [0.5, 0.6) is 0 Å². The third-order valence-corrected chi connectivity index (χ3v) is 3.33. The number of nitrogen functional groups attached to an aromatic ring is 1. The van der Waals surface area contributed by atoms with Crippen LogP contribution in [0.3, 0.4) is 0 Å². The molecule has 1 aromatic carbocycles. The topological polar surface area (TPSA) is 66.6 Å².